The van der Waals surface area contributed by atoms with E-state index in [0.717, 1.165) is 5.56 Å². The summed E-state index contributed by atoms with van der Waals surface area (Å²) in [5.74, 6) is 1.12. The summed E-state index contributed by atoms with van der Waals surface area (Å²) in [5.41, 5.74) is 1.97. The molecular formula is C15H9Cl3N2O. The average Bonchev–Trinajstić information content (AvgIpc) is 2.86. The maximum absolute atomic E-state index is 6.29. The minimum Gasteiger partial charge on any atom is -0.469 e. The van der Waals surface area contributed by atoms with Gasteiger partial charge in [-0.25, -0.2) is 9.97 Å². The van der Waals surface area contributed by atoms with Crippen molar-refractivity contribution in [2.75, 3.05) is 0 Å². The highest BCUT2D eigenvalue weighted by atomic mass is 35.5. The van der Waals surface area contributed by atoms with Gasteiger partial charge in [0, 0.05) is 10.6 Å². The van der Waals surface area contributed by atoms with Crippen molar-refractivity contribution in [2.45, 2.75) is 6.92 Å². The number of halogens is 3. The second kappa shape index (κ2) is 5.68. The van der Waals surface area contributed by atoms with Crippen LogP contribution in [0.15, 0.2) is 41.0 Å². The first-order valence-electron chi connectivity index (χ1n) is 6.10. The fourth-order valence-corrected chi connectivity index (χ4v) is 2.85. The molecule has 0 amide bonds. The number of hydrogen-bond donors (Lipinski definition) is 0. The van der Waals surface area contributed by atoms with Gasteiger partial charge >= 0.3 is 0 Å². The second-order valence-corrected chi connectivity index (χ2v) is 5.50. The number of furan rings is 1. The molecular weight excluding hydrogens is 331 g/mol. The normalized spacial score (nSPS) is 10.9. The number of benzene rings is 1. The summed E-state index contributed by atoms with van der Waals surface area (Å²) in [6, 6.07) is 9.03. The van der Waals surface area contributed by atoms with Crippen LogP contribution in [-0.4, -0.2) is 9.97 Å². The maximum Gasteiger partial charge on any atom is 0.166 e. The Balaban J connectivity index is 2.18. The Morgan fingerprint density at radius 3 is 2.14 bits per heavy atom. The quantitative estimate of drug-likeness (QED) is 0.564. The van der Waals surface area contributed by atoms with E-state index in [0.29, 0.717) is 27.7 Å². The van der Waals surface area contributed by atoms with Gasteiger partial charge in [0.05, 0.1) is 17.4 Å². The van der Waals surface area contributed by atoms with Gasteiger partial charge in [-0.3, -0.25) is 0 Å². The van der Waals surface area contributed by atoms with E-state index in [9.17, 15) is 0 Å². The zero-order valence-electron chi connectivity index (χ0n) is 10.9. The van der Waals surface area contributed by atoms with Crippen LogP contribution in [0.3, 0.4) is 0 Å². The van der Waals surface area contributed by atoms with Gasteiger partial charge in [0.2, 0.25) is 0 Å². The van der Waals surface area contributed by atoms with Gasteiger partial charge in [0.1, 0.15) is 16.1 Å². The van der Waals surface area contributed by atoms with E-state index in [4.69, 9.17) is 39.2 Å². The summed E-state index contributed by atoms with van der Waals surface area (Å²) in [6.07, 6.45) is 1.57. The molecule has 0 fully saturated rings. The molecule has 2 heterocycles. The van der Waals surface area contributed by atoms with Gasteiger partial charge in [-0.1, -0.05) is 53.0 Å². The third-order valence-electron chi connectivity index (χ3n) is 3.06. The minimum absolute atomic E-state index is 0.249. The summed E-state index contributed by atoms with van der Waals surface area (Å²) in [7, 11) is 0. The first-order chi connectivity index (χ1) is 10.1. The Kier molecular flexibility index (Phi) is 3.89. The zero-order valence-corrected chi connectivity index (χ0v) is 13.2. The van der Waals surface area contributed by atoms with E-state index >= 15 is 0 Å². The number of hydrogen-bond acceptors (Lipinski definition) is 3. The molecule has 1 aromatic carbocycles. The maximum atomic E-state index is 6.29. The van der Waals surface area contributed by atoms with E-state index < -0.39 is 0 Å². The highest BCUT2D eigenvalue weighted by molar-refractivity contribution is 6.40. The van der Waals surface area contributed by atoms with Crippen molar-refractivity contribution >= 4 is 34.8 Å². The van der Waals surface area contributed by atoms with Crippen molar-refractivity contribution in [2.24, 2.45) is 0 Å². The molecule has 0 spiro atoms. The Morgan fingerprint density at radius 1 is 0.905 bits per heavy atom. The molecule has 3 nitrogen and oxygen atoms in total. The van der Waals surface area contributed by atoms with Crippen LogP contribution in [0.1, 0.15) is 5.76 Å². The largest absolute Gasteiger partial charge is 0.469 e. The summed E-state index contributed by atoms with van der Waals surface area (Å²) >= 11 is 18.8. The third kappa shape index (κ3) is 2.64. The molecule has 0 atom stereocenters. The molecule has 0 aliphatic carbocycles. The molecule has 106 valence electrons. The van der Waals surface area contributed by atoms with Crippen LogP contribution in [0.2, 0.25) is 15.3 Å². The Hall–Kier alpha value is -1.55. The average molecular weight is 340 g/mol. The van der Waals surface area contributed by atoms with Gasteiger partial charge in [-0.15, -0.1) is 0 Å². The highest BCUT2D eigenvalue weighted by Gasteiger charge is 2.18. The zero-order chi connectivity index (χ0) is 15.0. The van der Waals surface area contributed by atoms with Crippen molar-refractivity contribution in [3.63, 3.8) is 0 Å². The molecule has 0 radical (unpaired) electrons. The number of aromatic nitrogens is 2. The first-order valence-corrected chi connectivity index (χ1v) is 7.23. The van der Waals surface area contributed by atoms with Crippen molar-refractivity contribution < 1.29 is 4.42 Å². The van der Waals surface area contributed by atoms with Crippen molar-refractivity contribution in [1.82, 2.24) is 9.97 Å². The summed E-state index contributed by atoms with van der Waals surface area (Å²) in [4.78, 5) is 8.61. The van der Waals surface area contributed by atoms with Crippen molar-refractivity contribution in [3.8, 4) is 22.5 Å². The van der Waals surface area contributed by atoms with E-state index in [-0.39, 0.29) is 10.3 Å². The predicted octanol–water partition coefficient (Wildman–Crippen LogP) is 5.67. The monoisotopic (exact) mass is 338 g/mol. The fraction of sp³-hybridized carbons (Fsp3) is 0.0667. The Bertz CT molecular complexity index is 791. The van der Waals surface area contributed by atoms with Crippen LogP contribution in [0.25, 0.3) is 22.5 Å². The topological polar surface area (TPSA) is 38.9 Å². The molecule has 0 unspecified atom stereocenters. The molecule has 3 aromatic rings. The molecule has 0 saturated heterocycles. The van der Waals surface area contributed by atoms with E-state index in [2.05, 4.69) is 9.97 Å². The lowest BCUT2D eigenvalue weighted by Crippen LogP contribution is -1.95. The van der Waals surface area contributed by atoms with E-state index in [1.165, 1.54) is 0 Å². The van der Waals surface area contributed by atoms with Gasteiger partial charge in [-0.2, -0.15) is 0 Å². The Morgan fingerprint density at radius 2 is 1.57 bits per heavy atom. The first kappa shape index (κ1) is 14.4. The summed E-state index contributed by atoms with van der Waals surface area (Å²) in [5, 5.41) is 1.04. The molecule has 2 aromatic heterocycles. The van der Waals surface area contributed by atoms with Crippen LogP contribution in [0.5, 0.6) is 0 Å². The molecule has 6 heteroatoms. The van der Waals surface area contributed by atoms with E-state index in [1.807, 2.05) is 25.1 Å². The number of nitrogens with zero attached hydrogens (tertiary/aromatic N) is 2. The smallest absolute Gasteiger partial charge is 0.166 e. The number of aryl methyl sites for hydroxylation is 1. The second-order valence-electron chi connectivity index (χ2n) is 4.37. The lowest BCUT2D eigenvalue weighted by Gasteiger charge is -2.09. The fourth-order valence-electron chi connectivity index (χ4n) is 2.03. The molecule has 0 N–H and O–H groups in total. The molecule has 3 rings (SSSR count). The third-order valence-corrected chi connectivity index (χ3v) is 3.94. The molecule has 0 aliphatic rings. The van der Waals surface area contributed by atoms with Gasteiger partial charge < -0.3 is 4.42 Å². The lowest BCUT2D eigenvalue weighted by atomic mass is 10.1. The van der Waals surface area contributed by atoms with E-state index in [1.54, 1.807) is 18.4 Å². The van der Waals surface area contributed by atoms with Crippen molar-refractivity contribution in [1.29, 1.82) is 0 Å². The van der Waals surface area contributed by atoms with Crippen molar-refractivity contribution in [3.05, 3.63) is 57.7 Å². The predicted molar refractivity (Wildman–Crippen MR) is 84.9 cm³/mol. The van der Waals surface area contributed by atoms with Crippen LogP contribution < -0.4 is 0 Å². The molecule has 0 saturated carbocycles. The summed E-state index contributed by atoms with van der Waals surface area (Å²) in [6.45, 7) is 1.82. The van der Waals surface area contributed by atoms with Crippen LogP contribution >= 0.6 is 34.8 Å². The standard InChI is InChI=1S/C15H9Cl3N2O/c1-8-9(6-7-21-8)15-19-13(17)12(14(18)20-15)10-4-2-3-5-11(10)16/h2-7H,1H3. The summed E-state index contributed by atoms with van der Waals surface area (Å²) < 4.78 is 5.25. The molecule has 0 aliphatic heterocycles. The Labute approximate surface area is 136 Å². The molecule has 0 bridgehead atoms. The SMILES string of the molecule is Cc1occc1-c1nc(Cl)c(-c2ccccc2Cl)c(Cl)n1. The molecule has 21 heavy (non-hydrogen) atoms. The van der Waals surface area contributed by atoms with Crippen LogP contribution in [-0.2, 0) is 0 Å². The van der Waals surface area contributed by atoms with Crippen LogP contribution in [0.4, 0.5) is 0 Å². The highest BCUT2D eigenvalue weighted by Crippen LogP contribution is 2.38. The minimum atomic E-state index is 0.249. The van der Waals surface area contributed by atoms with Gasteiger partial charge in [0.15, 0.2) is 5.82 Å². The lowest BCUT2D eigenvalue weighted by molar-refractivity contribution is 0.535. The van der Waals surface area contributed by atoms with Crippen LogP contribution in [0, 0.1) is 6.92 Å². The van der Waals surface area contributed by atoms with Gasteiger partial charge in [-0.05, 0) is 19.1 Å². The van der Waals surface area contributed by atoms with Gasteiger partial charge in [0.25, 0.3) is 0 Å². The number of rotatable bonds is 2.